The number of halogens is 1. The van der Waals surface area contributed by atoms with E-state index in [0.29, 0.717) is 29.7 Å². The van der Waals surface area contributed by atoms with Crippen LogP contribution in [0.2, 0.25) is 0 Å². The van der Waals surface area contributed by atoms with Gasteiger partial charge < -0.3 is 19.9 Å². The van der Waals surface area contributed by atoms with Crippen LogP contribution in [0.3, 0.4) is 0 Å². The summed E-state index contributed by atoms with van der Waals surface area (Å²) < 4.78 is 21.8. The first-order valence-electron chi connectivity index (χ1n) is 18.4. The van der Waals surface area contributed by atoms with Gasteiger partial charge in [0.1, 0.15) is 17.2 Å². The molecule has 2 heterocycles. The SMILES string of the molecule is CCC.Cc1ccc2c(c1)C(NCC(C)C(Cc1ccccc1)NC(=O)c1cc(-c3ccc(F)cc3)c(=O)n(C3CCCC3)c1)CC(C)(C)O2. The molecule has 0 radical (unpaired) electrons. The third kappa shape index (κ3) is 9.30. The first-order valence-corrected chi connectivity index (χ1v) is 18.4. The molecule has 2 N–H and O–H groups in total. The number of amides is 1. The second-order valence-electron chi connectivity index (χ2n) is 14.8. The van der Waals surface area contributed by atoms with Crippen molar-refractivity contribution in [3.63, 3.8) is 0 Å². The van der Waals surface area contributed by atoms with Gasteiger partial charge in [-0.3, -0.25) is 9.59 Å². The zero-order chi connectivity index (χ0) is 35.8. The Hall–Kier alpha value is -4.23. The predicted molar refractivity (Wildman–Crippen MR) is 201 cm³/mol. The van der Waals surface area contributed by atoms with Crippen LogP contribution < -0.4 is 20.9 Å². The van der Waals surface area contributed by atoms with Gasteiger partial charge in [-0.25, -0.2) is 4.39 Å². The largest absolute Gasteiger partial charge is 0.487 e. The highest BCUT2D eigenvalue weighted by molar-refractivity contribution is 5.95. The predicted octanol–water partition coefficient (Wildman–Crippen LogP) is 9.36. The van der Waals surface area contributed by atoms with E-state index >= 15 is 0 Å². The molecular formula is C43H54FN3O3. The monoisotopic (exact) mass is 679 g/mol. The van der Waals surface area contributed by atoms with E-state index in [-0.39, 0.29) is 46.9 Å². The van der Waals surface area contributed by atoms with Crippen LogP contribution in [0.1, 0.15) is 112 Å². The molecule has 1 amide bonds. The molecular weight excluding hydrogens is 625 g/mol. The van der Waals surface area contributed by atoms with E-state index in [1.807, 2.05) is 18.2 Å². The number of aryl methyl sites for hydroxylation is 1. The molecule has 1 aliphatic carbocycles. The molecule has 266 valence electrons. The average molecular weight is 680 g/mol. The van der Waals surface area contributed by atoms with Crippen LogP contribution in [0, 0.1) is 18.7 Å². The Bertz CT molecular complexity index is 1780. The molecule has 1 aromatic heterocycles. The minimum Gasteiger partial charge on any atom is -0.487 e. The van der Waals surface area contributed by atoms with Crippen molar-refractivity contribution in [1.29, 1.82) is 0 Å². The fourth-order valence-corrected chi connectivity index (χ4v) is 7.16. The minimum absolute atomic E-state index is 0.0490. The maximum absolute atomic E-state index is 14.1. The molecule has 6 nitrogen and oxygen atoms in total. The molecule has 1 saturated carbocycles. The van der Waals surface area contributed by atoms with E-state index in [4.69, 9.17) is 4.74 Å². The van der Waals surface area contributed by atoms with Crippen LogP contribution >= 0.6 is 0 Å². The summed E-state index contributed by atoms with van der Waals surface area (Å²) in [5, 5.41) is 7.18. The van der Waals surface area contributed by atoms with Crippen LogP contribution in [0.25, 0.3) is 11.1 Å². The number of nitrogens with one attached hydrogen (secondary N) is 2. The molecule has 0 saturated heterocycles. The topological polar surface area (TPSA) is 72.4 Å². The van der Waals surface area contributed by atoms with E-state index in [2.05, 4.69) is 82.5 Å². The number of nitrogens with zero attached hydrogens (tertiary/aromatic N) is 1. The third-order valence-electron chi connectivity index (χ3n) is 9.79. The molecule has 4 aromatic rings. The molecule has 1 fully saturated rings. The zero-order valence-corrected chi connectivity index (χ0v) is 30.6. The Morgan fingerprint density at radius 1 is 1.00 bits per heavy atom. The number of carbonyl (C=O) groups is 1. The summed E-state index contributed by atoms with van der Waals surface area (Å²) in [7, 11) is 0. The lowest BCUT2D eigenvalue weighted by atomic mass is 9.88. The van der Waals surface area contributed by atoms with Crippen molar-refractivity contribution in [2.75, 3.05) is 6.54 Å². The lowest BCUT2D eigenvalue weighted by Gasteiger charge is -2.39. The van der Waals surface area contributed by atoms with E-state index in [0.717, 1.165) is 43.4 Å². The number of hydrogen-bond acceptors (Lipinski definition) is 4. The van der Waals surface area contributed by atoms with Crippen molar-refractivity contribution < 1.29 is 13.9 Å². The highest BCUT2D eigenvalue weighted by Gasteiger charge is 2.34. The van der Waals surface area contributed by atoms with Crippen molar-refractivity contribution in [2.45, 2.75) is 110 Å². The van der Waals surface area contributed by atoms with Gasteiger partial charge in [-0.05, 0) is 81.3 Å². The molecule has 0 bridgehead atoms. The van der Waals surface area contributed by atoms with Gasteiger partial charge in [0.15, 0.2) is 0 Å². The molecule has 3 atom stereocenters. The van der Waals surface area contributed by atoms with Gasteiger partial charge in [0.05, 0.1) is 5.56 Å². The van der Waals surface area contributed by atoms with Crippen molar-refractivity contribution in [3.8, 4) is 16.9 Å². The second-order valence-corrected chi connectivity index (χ2v) is 14.8. The molecule has 3 unspecified atom stereocenters. The van der Waals surface area contributed by atoms with E-state index in [9.17, 15) is 14.0 Å². The smallest absolute Gasteiger partial charge is 0.258 e. The van der Waals surface area contributed by atoms with Gasteiger partial charge in [-0.2, -0.15) is 0 Å². The minimum atomic E-state index is -0.368. The number of ether oxygens (including phenoxy) is 1. The first kappa shape index (κ1) is 37.0. The van der Waals surface area contributed by atoms with Crippen molar-refractivity contribution in [3.05, 3.63) is 123 Å². The maximum atomic E-state index is 14.1. The molecule has 3 aromatic carbocycles. The molecule has 7 heteroatoms. The summed E-state index contributed by atoms with van der Waals surface area (Å²) in [4.78, 5) is 27.8. The van der Waals surface area contributed by atoms with E-state index in [1.165, 1.54) is 29.7 Å². The number of pyridine rings is 1. The summed E-state index contributed by atoms with van der Waals surface area (Å²) in [6.07, 6.45) is 8.39. The summed E-state index contributed by atoms with van der Waals surface area (Å²) in [5.41, 5.74) is 4.51. The first-order chi connectivity index (χ1) is 24.0. The number of benzene rings is 3. The van der Waals surface area contributed by atoms with Gasteiger partial charge in [0.25, 0.3) is 11.5 Å². The summed E-state index contributed by atoms with van der Waals surface area (Å²) in [6.45, 7) is 13.5. The number of carbonyl (C=O) groups excluding carboxylic acids is 1. The third-order valence-corrected chi connectivity index (χ3v) is 9.79. The highest BCUT2D eigenvalue weighted by Crippen LogP contribution is 2.40. The Kier molecular flexibility index (Phi) is 12.3. The number of fused-ring (bicyclic) bond motifs is 1. The van der Waals surface area contributed by atoms with Crippen LogP contribution in [-0.4, -0.2) is 28.7 Å². The lowest BCUT2D eigenvalue weighted by molar-refractivity contribution is 0.0649. The number of hydrogen-bond donors (Lipinski definition) is 2. The normalized spacial score (nSPS) is 17.9. The number of rotatable bonds is 10. The van der Waals surface area contributed by atoms with Gasteiger partial charge in [0.2, 0.25) is 0 Å². The summed E-state index contributed by atoms with van der Waals surface area (Å²) >= 11 is 0. The van der Waals surface area contributed by atoms with Gasteiger partial charge in [-0.1, -0.05) is 100 Å². The molecule has 0 spiro atoms. The highest BCUT2D eigenvalue weighted by atomic mass is 19.1. The Labute approximate surface area is 297 Å². The Morgan fingerprint density at radius 2 is 1.68 bits per heavy atom. The zero-order valence-electron chi connectivity index (χ0n) is 30.6. The molecule has 50 heavy (non-hydrogen) atoms. The fraction of sp³-hybridized carbons (Fsp3) is 0.442. The summed E-state index contributed by atoms with van der Waals surface area (Å²) in [6, 6.07) is 24.2. The Morgan fingerprint density at radius 3 is 2.36 bits per heavy atom. The van der Waals surface area contributed by atoms with Crippen LogP contribution in [-0.2, 0) is 6.42 Å². The lowest BCUT2D eigenvalue weighted by Crippen LogP contribution is -2.46. The van der Waals surface area contributed by atoms with Crippen LogP contribution in [0.4, 0.5) is 4.39 Å². The van der Waals surface area contributed by atoms with Gasteiger partial charge >= 0.3 is 0 Å². The van der Waals surface area contributed by atoms with Crippen LogP contribution in [0.5, 0.6) is 5.75 Å². The van der Waals surface area contributed by atoms with E-state index < -0.39 is 0 Å². The quantitative estimate of drug-likeness (QED) is 0.175. The standard InChI is InChI=1S/C40H46FN3O3.C3H8/c1-26-14-19-37-34(20-26)36(23-40(3,4)47-37)42-24-27(2)35(21-28-10-6-5-7-11-28)43-38(45)30-22-33(29-15-17-31(41)18-16-29)39(46)44(25-30)32-12-8-9-13-32;1-3-2/h5-7,10-11,14-20,22,25,27,32,35-36,42H,8-9,12-13,21,23-24H2,1-4H3,(H,43,45);3H2,1-2H3. The van der Waals surface area contributed by atoms with Gasteiger partial charge in [0, 0.05) is 48.4 Å². The molecule has 2 aliphatic rings. The van der Waals surface area contributed by atoms with E-state index in [1.54, 1.807) is 29.0 Å². The second kappa shape index (κ2) is 16.7. The average Bonchev–Trinajstić information content (AvgIpc) is 3.63. The maximum Gasteiger partial charge on any atom is 0.258 e. The van der Waals surface area contributed by atoms with Crippen molar-refractivity contribution >= 4 is 5.91 Å². The molecule has 6 rings (SSSR count). The Balaban J connectivity index is 0.00000156. The molecule has 1 aliphatic heterocycles. The van der Waals surface area contributed by atoms with Crippen LogP contribution in [0.15, 0.2) is 89.9 Å². The summed E-state index contributed by atoms with van der Waals surface area (Å²) in [5.74, 6) is 0.408. The van der Waals surface area contributed by atoms with Crippen molar-refractivity contribution in [2.24, 2.45) is 5.92 Å². The fourth-order valence-electron chi connectivity index (χ4n) is 7.16. The van der Waals surface area contributed by atoms with Gasteiger partial charge in [-0.15, -0.1) is 0 Å². The van der Waals surface area contributed by atoms with Crippen molar-refractivity contribution in [1.82, 2.24) is 15.2 Å². The number of aromatic nitrogens is 1.